The van der Waals surface area contributed by atoms with Gasteiger partial charge < -0.3 is 18.9 Å². The van der Waals surface area contributed by atoms with E-state index in [2.05, 4.69) is 6.92 Å². The van der Waals surface area contributed by atoms with Crippen LogP contribution in [0.2, 0.25) is 0 Å². The first kappa shape index (κ1) is 25.6. The zero-order chi connectivity index (χ0) is 24.9. The molecule has 6 heteroatoms. The molecule has 0 aliphatic carbocycles. The van der Waals surface area contributed by atoms with Crippen LogP contribution in [-0.2, 0) is 16.1 Å². The van der Waals surface area contributed by atoms with Crippen molar-refractivity contribution in [2.45, 2.75) is 33.3 Å². The molecule has 0 saturated heterocycles. The second-order valence-electron chi connectivity index (χ2n) is 7.68. The van der Waals surface area contributed by atoms with E-state index in [0.29, 0.717) is 36.0 Å². The van der Waals surface area contributed by atoms with Gasteiger partial charge in [-0.2, -0.15) is 0 Å². The molecule has 3 rings (SSSR count). The first-order valence-corrected chi connectivity index (χ1v) is 11.7. The molecule has 0 atom stereocenters. The van der Waals surface area contributed by atoms with Gasteiger partial charge in [-0.25, -0.2) is 9.59 Å². The summed E-state index contributed by atoms with van der Waals surface area (Å²) in [6, 6.07) is 21.2. The maximum atomic E-state index is 12.3. The fraction of sp³-hybridized carbons (Fsp3) is 0.241. The van der Waals surface area contributed by atoms with Crippen LogP contribution in [0.3, 0.4) is 0 Å². The maximum Gasteiger partial charge on any atom is 0.338 e. The van der Waals surface area contributed by atoms with E-state index in [-0.39, 0.29) is 6.61 Å². The first-order chi connectivity index (χ1) is 17.1. The van der Waals surface area contributed by atoms with Gasteiger partial charge in [-0.05, 0) is 66.9 Å². The molecule has 0 fully saturated rings. The Kier molecular flexibility index (Phi) is 9.93. The summed E-state index contributed by atoms with van der Waals surface area (Å²) >= 11 is 0. The summed E-state index contributed by atoms with van der Waals surface area (Å²) in [6.07, 6.45) is 5.00. The van der Waals surface area contributed by atoms with E-state index in [1.165, 1.54) is 6.08 Å². The molecule has 182 valence electrons. The molecule has 0 heterocycles. The summed E-state index contributed by atoms with van der Waals surface area (Å²) in [5.41, 5.74) is 2.07. The van der Waals surface area contributed by atoms with Gasteiger partial charge in [0.15, 0.2) is 11.5 Å². The smallest absolute Gasteiger partial charge is 0.338 e. The topological polar surface area (TPSA) is 71.1 Å². The van der Waals surface area contributed by atoms with Gasteiger partial charge in [-0.1, -0.05) is 49.7 Å². The molecule has 0 amide bonds. The third-order valence-electron chi connectivity index (χ3n) is 4.96. The number of carbonyl (C=O) groups excluding carboxylic acids is 2. The number of carbonyl (C=O) groups is 2. The zero-order valence-corrected chi connectivity index (χ0v) is 20.1. The number of benzene rings is 3. The van der Waals surface area contributed by atoms with Crippen molar-refractivity contribution in [3.8, 4) is 17.2 Å². The van der Waals surface area contributed by atoms with Crippen molar-refractivity contribution in [3.63, 3.8) is 0 Å². The van der Waals surface area contributed by atoms with Gasteiger partial charge in [0.2, 0.25) is 0 Å². The second-order valence-corrected chi connectivity index (χ2v) is 7.68. The van der Waals surface area contributed by atoms with E-state index in [9.17, 15) is 9.59 Å². The van der Waals surface area contributed by atoms with Crippen LogP contribution < -0.4 is 14.2 Å². The van der Waals surface area contributed by atoms with Crippen LogP contribution >= 0.6 is 0 Å². The Morgan fingerprint density at radius 2 is 1.63 bits per heavy atom. The van der Waals surface area contributed by atoms with E-state index in [4.69, 9.17) is 18.9 Å². The molecular formula is C29H30O6. The summed E-state index contributed by atoms with van der Waals surface area (Å²) in [7, 11) is 0. The van der Waals surface area contributed by atoms with Gasteiger partial charge in [-0.3, -0.25) is 0 Å². The van der Waals surface area contributed by atoms with Gasteiger partial charge in [0, 0.05) is 6.08 Å². The van der Waals surface area contributed by atoms with Crippen LogP contribution in [0, 0.1) is 0 Å². The van der Waals surface area contributed by atoms with Gasteiger partial charge in [-0.15, -0.1) is 0 Å². The lowest BCUT2D eigenvalue weighted by Gasteiger charge is -2.12. The molecule has 3 aromatic rings. The minimum Gasteiger partial charge on any atom is -0.490 e. The number of rotatable bonds is 12. The molecular weight excluding hydrogens is 444 g/mol. The van der Waals surface area contributed by atoms with Crippen LogP contribution in [0.15, 0.2) is 78.9 Å². The van der Waals surface area contributed by atoms with E-state index >= 15 is 0 Å². The van der Waals surface area contributed by atoms with Crippen LogP contribution in [0.1, 0.15) is 48.2 Å². The molecule has 3 aromatic carbocycles. The number of unbranched alkanes of at least 4 members (excludes halogenated alkanes) is 1. The summed E-state index contributed by atoms with van der Waals surface area (Å²) in [5.74, 6) is 0.662. The fourth-order valence-electron chi connectivity index (χ4n) is 3.12. The van der Waals surface area contributed by atoms with E-state index in [1.54, 1.807) is 30.3 Å². The van der Waals surface area contributed by atoms with Gasteiger partial charge in [0.05, 0.1) is 18.8 Å². The highest BCUT2D eigenvalue weighted by molar-refractivity contribution is 5.90. The van der Waals surface area contributed by atoms with Crippen LogP contribution in [0.25, 0.3) is 6.08 Å². The molecule has 0 N–H and O–H groups in total. The van der Waals surface area contributed by atoms with Crippen LogP contribution in [0.5, 0.6) is 17.2 Å². The molecule has 0 aliphatic rings. The Balaban J connectivity index is 1.54. The standard InChI is InChI=1S/C29H30O6/c1-3-5-19-33-26-17-11-22(20-27(26)32-4-2)12-18-28(30)35-25-15-13-24(14-16-25)29(31)34-21-23-9-7-6-8-10-23/h6-18,20H,3-5,19,21H2,1-2H3/b18-12+. The lowest BCUT2D eigenvalue weighted by atomic mass is 10.2. The van der Waals surface area contributed by atoms with E-state index in [1.807, 2.05) is 55.5 Å². The lowest BCUT2D eigenvalue weighted by molar-refractivity contribution is -0.128. The maximum absolute atomic E-state index is 12.3. The molecule has 0 radical (unpaired) electrons. The highest BCUT2D eigenvalue weighted by Crippen LogP contribution is 2.29. The number of hydrogen-bond acceptors (Lipinski definition) is 6. The van der Waals surface area contributed by atoms with E-state index < -0.39 is 11.9 Å². The highest BCUT2D eigenvalue weighted by Gasteiger charge is 2.09. The number of ether oxygens (including phenoxy) is 4. The summed E-state index contributed by atoms with van der Waals surface area (Å²) < 4.78 is 22.1. The predicted octanol–water partition coefficient (Wildman–Crippen LogP) is 6.24. The van der Waals surface area contributed by atoms with Gasteiger partial charge >= 0.3 is 11.9 Å². The zero-order valence-electron chi connectivity index (χ0n) is 20.1. The molecule has 0 unspecified atom stereocenters. The third kappa shape index (κ3) is 8.34. The minimum atomic E-state index is -0.536. The Bertz CT molecular complexity index is 1120. The molecule has 0 spiro atoms. The fourth-order valence-corrected chi connectivity index (χ4v) is 3.12. The third-order valence-corrected chi connectivity index (χ3v) is 4.96. The van der Waals surface area contributed by atoms with Crippen molar-refractivity contribution < 1.29 is 28.5 Å². The average Bonchev–Trinajstić information content (AvgIpc) is 2.88. The monoisotopic (exact) mass is 474 g/mol. The molecule has 35 heavy (non-hydrogen) atoms. The molecule has 0 aromatic heterocycles. The van der Waals surface area contributed by atoms with E-state index in [0.717, 1.165) is 24.0 Å². The largest absolute Gasteiger partial charge is 0.490 e. The quantitative estimate of drug-likeness (QED) is 0.134. The van der Waals surface area contributed by atoms with Crippen molar-refractivity contribution in [2.75, 3.05) is 13.2 Å². The van der Waals surface area contributed by atoms with Crippen molar-refractivity contribution in [1.82, 2.24) is 0 Å². The number of hydrogen-bond donors (Lipinski definition) is 0. The van der Waals surface area contributed by atoms with Crippen molar-refractivity contribution in [3.05, 3.63) is 95.6 Å². The molecule has 0 bridgehead atoms. The van der Waals surface area contributed by atoms with Gasteiger partial charge in [0.1, 0.15) is 12.4 Å². The Morgan fingerprint density at radius 3 is 2.34 bits per heavy atom. The molecule has 0 aliphatic heterocycles. The predicted molar refractivity (Wildman–Crippen MR) is 135 cm³/mol. The summed E-state index contributed by atoms with van der Waals surface area (Å²) in [4.78, 5) is 24.5. The summed E-state index contributed by atoms with van der Waals surface area (Å²) in [6.45, 7) is 5.34. The first-order valence-electron chi connectivity index (χ1n) is 11.7. The SMILES string of the molecule is CCCCOc1ccc(/C=C/C(=O)Oc2ccc(C(=O)OCc3ccccc3)cc2)cc1OCC. The minimum absolute atomic E-state index is 0.193. The lowest BCUT2D eigenvalue weighted by Crippen LogP contribution is -2.06. The Labute approximate surface area is 206 Å². The van der Waals surface area contributed by atoms with Gasteiger partial charge in [0.25, 0.3) is 0 Å². The highest BCUT2D eigenvalue weighted by atomic mass is 16.5. The van der Waals surface area contributed by atoms with Crippen molar-refractivity contribution >= 4 is 18.0 Å². The van der Waals surface area contributed by atoms with Crippen LogP contribution in [0.4, 0.5) is 0 Å². The Morgan fingerprint density at radius 1 is 0.857 bits per heavy atom. The second kappa shape index (κ2) is 13.6. The normalized spacial score (nSPS) is 10.7. The van der Waals surface area contributed by atoms with Crippen molar-refractivity contribution in [2.24, 2.45) is 0 Å². The van der Waals surface area contributed by atoms with Crippen LogP contribution in [-0.4, -0.2) is 25.2 Å². The molecule has 0 saturated carbocycles. The number of esters is 2. The van der Waals surface area contributed by atoms with Crippen molar-refractivity contribution in [1.29, 1.82) is 0 Å². The average molecular weight is 475 g/mol. The molecule has 6 nitrogen and oxygen atoms in total. The summed E-state index contributed by atoms with van der Waals surface area (Å²) in [5, 5.41) is 0. The Hall–Kier alpha value is -4.06.